The van der Waals surface area contributed by atoms with Crippen LogP contribution in [0.4, 0.5) is 15.8 Å². The predicted molar refractivity (Wildman–Crippen MR) is 295 cm³/mol. The molecule has 430 valence electrons. The minimum atomic E-state index is -2.10. The van der Waals surface area contributed by atoms with Crippen molar-refractivity contribution in [1.29, 1.82) is 0 Å². The Hall–Kier alpha value is -7.00. The van der Waals surface area contributed by atoms with Gasteiger partial charge >= 0.3 is 17.7 Å². The topological polar surface area (TPSA) is 267 Å². The maximum atomic E-state index is 16.3. The Morgan fingerprint density at radius 1 is 0.887 bits per heavy atom. The van der Waals surface area contributed by atoms with Gasteiger partial charge in [-0.15, -0.1) is 0 Å². The SMILES string of the molecule is CO[C@@H]1/C=C/O[C@@]2(C)Oc3c(C)c(O)c4c(O)c(c(CN5CCC6(CC5)CCN(c5c(F)cn7c(=O)c(C(=O)O)cc(C8CC8)c7c5C)C6)c(O)c4c3C2=O)NC(=O)C(C)=C/C=C/[C@H](C)[C@@H](O)[C@H](C)[C@@H](O)[C@H](C)[C@@H](OC(C)=O)[C@H]1C. The lowest BCUT2D eigenvalue weighted by atomic mass is 9.77. The third kappa shape index (κ3) is 10.2. The van der Waals surface area contributed by atoms with Gasteiger partial charge in [-0.1, -0.05) is 45.9 Å². The van der Waals surface area contributed by atoms with Gasteiger partial charge in [0.2, 0.25) is 0 Å². The number of pyridine rings is 2. The number of aliphatic hydroxyl groups excluding tert-OH is 2. The molecule has 80 heavy (non-hydrogen) atoms. The standard InChI is InChI=1S/C60H73FN4O15/c1-28-12-11-13-29(2)56(73)62-45-39(25-63-20-17-60(18-21-63)19-22-64(27-60)47-31(4)46-37(36-14-15-36)24-38(58(75)76)57(74)65(46)26-40(47)61)51(70)42-43(52(45)71)50(69)34(7)54-44(42)55(72)59(9,80-54)78-23-16-41(77-10)30(3)53(79-35(8)66)33(6)49(68)32(5)48(28)67/h11-13,16,23-24,26,28,30,32-33,36,41,48-49,53,67-71H,14-15,17-22,25,27H2,1-10H3,(H,62,73)(H,75,76)/b12-11+,23-16+,29-13?/t28-,30-,32-,33-,41+,48+,49+,53-,59-/m0/s1. The quantitative estimate of drug-likeness (QED) is 0.0527. The third-order valence-corrected chi connectivity index (χ3v) is 17.8. The highest BCUT2D eigenvalue weighted by molar-refractivity contribution is 6.22. The average molecular weight is 1110 g/mol. The third-order valence-electron chi connectivity index (χ3n) is 17.8. The maximum Gasteiger partial charge on any atom is 0.341 e. The number of halogens is 1. The number of carboxylic acid groups (broad SMARTS) is 1. The second-order valence-corrected chi connectivity index (χ2v) is 23.2. The molecule has 7 heterocycles. The summed E-state index contributed by atoms with van der Waals surface area (Å²) in [6.07, 6.45) is 8.15. The number of aromatic nitrogens is 1. The van der Waals surface area contributed by atoms with E-state index in [1.807, 2.05) is 9.80 Å². The number of rotatable bonds is 7. The van der Waals surface area contributed by atoms with Crippen LogP contribution >= 0.6 is 0 Å². The number of carboxylic acids is 1. The van der Waals surface area contributed by atoms with E-state index in [0.717, 1.165) is 29.9 Å². The highest BCUT2D eigenvalue weighted by atomic mass is 19.1. The number of ketones is 1. The molecule has 3 fully saturated rings. The van der Waals surface area contributed by atoms with Gasteiger partial charge in [0.05, 0.1) is 58.6 Å². The van der Waals surface area contributed by atoms with E-state index in [1.54, 1.807) is 46.8 Å². The summed E-state index contributed by atoms with van der Waals surface area (Å²) < 4.78 is 41.4. The first-order valence-electron chi connectivity index (χ1n) is 27.4. The van der Waals surface area contributed by atoms with Crippen molar-refractivity contribution in [3.63, 3.8) is 0 Å². The van der Waals surface area contributed by atoms with Crippen molar-refractivity contribution >= 4 is 51.3 Å². The van der Waals surface area contributed by atoms with Crippen LogP contribution in [0.5, 0.6) is 23.0 Å². The number of carbonyl (C=O) groups excluding carboxylic acids is 3. The van der Waals surface area contributed by atoms with Gasteiger partial charge in [-0.05, 0) is 101 Å². The summed E-state index contributed by atoms with van der Waals surface area (Å²) >= 11 is 0. The van der Waals surface area contributed by atoms with Gasteiger partial charge in [0.15, 0.2) is 11.6 Å². The number of phenols is 3. The summed E-state index contributed by atoms with van der Waals surface area (Å²) in [4.78, 5) is 71.0. The van der Waals surface area contributed by atoms with E-state index in [9.17, 15) is 54.6 Å². The molecule has 5 bridgehead atoms. The van der Waals surface area contributed by atoms with E-state index >= 15 is 4.39 Å². The number of carbonyl (C=O) groups is 4. The molecule has 5 aliphatic heterocycles. The molecule has 1 aliphatic carbocycles. The molecule has 10 rings (SSSR count). The van der Waals surface area contributed by atoms with Crippen LogP contribution in [0, 0.1) is 48.8 Å². The molecule has 20 heteroatoms. The number of benzene rings is 2. The predicted octanol–water partition coefficient (Wildman–Crippen LogP) is 7.88. The first-order chi connectivity index (χ1) is 37.7. The first kappa shape index (κ1) is 57.7. The van der Waals surface area contributed by atoms with Crippen molar-refractivity contribution in [2.45, 2.75) is 137 Å². The minimum Gasteiger partial charge on any atom is -0.507 e. The number of allylic oxidation sites excluding steroid dienone is 2. The first-order valence-corrected chi connectivity index (χ1v) is 27.4. The molecular formula is C60H73FN4O15. The van der Waals surface area contributed by atoms with Gasteiger partial charge in [0.25, 0.3) is 17.2 Å². The Balaban J connectivity index is 1.07. The van der Waals surface area contributed by atoms with E-state index in [0.29, 0.717) is 61.4 Å². The molecule has 6 aliphatic rings. The lowest BCUT2D eigenvalue weighted by molar-refractivity contribution is -0.160. The Morgan fingerprint density at radius 2 is 1.56 bits per heavy atom. The molecule has 9 atom stereocenters. The number of nitrogens with one attached hydrogen (secondary N) is 1. The molecule has 1 spiro atoms. The van der Waals surface area contributed by atoms with E-state index in [-0.39, 0.29) is 62.4 Å². The second-order valence-electron chi connectivity index (χ2n) is 23.2. The van der Waals surface area contributed by atoms with E-state index < -0.39 is 112 Å². The van der Waals surface area contributed by atoms with Crippen LogP contribution in [0.15, 0.2) is 53.2 Å². The van der Waals surface area contributed by atoms with E-state index in [4.69, 9.17) is 18.9 Å². The number of aliphatic hydroxyl groups is 2. The number of fused-ring (bicyclic) bond motifs is 15. The van der Waals surface area contributed by atoms with Crippen molar-refractivity contribution in [3.05, 3.63) is 98.0 Å². The molecule has 19 nitrogen and oxygen atoms in total. The zero-order valence-electron chi connectivity index (χ0n) is 46.9. The number of esters is 1. The zero-order chi connectivity index (χ0) is 58.2. The number of aryl methyl sites for hydroxylation is 1. The van der Waals surface area contributed by atoms with Gasteiger partial charge in [-0.3, -0.25) is 28.5 Å². The van der Waals surface area contributed by atoms with Crippen LogP contribution in [0.2, 0.25) is 0 Å². The number of anilines is 2. The molecule has 0 radical (unpaired) electrons. The molecule has 2 saturated heterocycles. The number of hydrogen-bond acceptors (Lipinski definition) is 16. The van der Waals surface area contributed by atoms with Crippen molar-refractivity contribution in [1.82, 2.24) is 9.30 Å². The fraction of sp³-hybridized carbons (Fsp3) is 0.517. The fourth-order valence-corrected chi connectivity index (χ4v) is 12.8. The summed E-state index contributed by atoms with van der Waals surface area (Å²) in [5.41, 5.74) is 0.529. The zero-order valence-corrected chi connectivity index (χ0v) is 46.9. The number of aromatic carboxylic acids is 1. The van der Waals surface area contributed by atoms with Crippen LogP contribution in [0.1, 0.15) is 129 Å². The van der Waals surface area contributed by atoms with Gasteiger partial charge in [-0.2, -0.15) is 0 Å². The summed E-state index contributed by atoms with van der Waals surface area (Å²) in [6, 6.07) is 1.44. The monoisotopic (exact) mass is 1110 g/mol. The fourth-order valence-electron chi connectivity index (χ4n) is 12.8. The smallest absolute Gasteiger partial charge is 0.341 e. The Labute approximate surface area is 462 Å². The summed E-state index contributed by atoms with van der Waals surface area (Å²) in [5.74, 6) is -10.5. The van der Waals surface area contributed by atoms with E-state index in [2.05, 4.69) is 5.32 Å². The normalized spacial score (nSPS) is 28.5. The lowest BCUT2D eigenvalue weighted by Crippen LogP contribution is -2.46. The van der Waals surface area contributed by atoms with Gasteiger partial charge < -0.3 is 59.8 Å². The number of methoxy groups -OCH3 is 1. The summed E-state index contributed by atoms with van der Waals surface area (Å²) in [6.45, 7) is 16.1. The van der Waals surface area contributed by atoms with Crippen LogP contribution in [-0.2, 0) is 30.3 Å². The molecule has 1 amide bonds. The number of ether oxygens (including phenoxy) is 4. The van der Waals surface area contributed by atoms with Crippen molar-refractivity contribution in [3.8, 4) is 23.0 Å². The van der Waals surface area contributed by atoms with Crippen LogP contribution in [-0.4, -0.2) is 127 Å². The number of amides is 1. The number of likely N-dealkylation sites (tertiary alicyclic amines) is 1. The molecule has 2 aromatic carbocycles. The number of piperidine rings is 1. The highest BCUT2D eigenvalue weighted by Crippen LogP contribution is 2.56. The van der Waals surface area contributed by atoms with Crippen molar-refractivity contribution < 1.29 is 73.2 Å². The van der Waals surface area contributed by atoms with Gasteiger partial charge in [0, 0.05) is 86.3 Å². The molecular weight excluding hydrogens is 1040 g/mol. The number of nitrogens with zero attached hydrogens (tertiary/aromatic N) is 3. The van der Waals surface area contributed by atoms with E-state index in [1.165, 1.54) is 59.3 Å². The largest absolute Gasteiger partial charge is 0.507 e. The van der Waals surface area contributed by atoms with Crippen LogP contribution in [0.25, 0.3) is 16.3 Å². The summed E-state index contributed by atoms with van der Waals surface area (Å²) in [5, 5.41) is 72.1. The second kappa shape index (κ2) is 21.8. The minimum absolute atomic E-state index is 0.0320. The number of hydrogen-bond donors (Lipinski definition) is 7. The highest BCUT2D eigenvalue weighted by Gasteiger charge is 2.50. The Morgan fingerprint density at radius 3 is 2.20 bits per heavy atom. The molecule has 2 aromatic heterocycles. The Kier molecular flexibility index (Phi) is 15.7. The maximum absolute atomic E-state index is 16.3. The molecule has 4 aromatic rings. The van der Waals surface area contributed by atoms with Crippen molar-refractivity contribution in [2.75, 3.05) is 43.5 Å². The summed E-state index contributed by atoms with van der Waals surface area (Å²) in [7, 11) is 1.43. The molecule has 7 N–H and O–H groups in total. The van der Waals surface area contributed by atoms with Gasteiger partial charge in [-0.25, -0.2) is 9.18 Å². The molecule has 1 saturated carbocycles. The molecule has 0 unspecified atom stereocenters. The Bertz CT molecular complexity index is 3360. The lowest BCUT2D eigenvalue weighted by Gasteiger charge is -2.40. The number of phenolic OH excluding ortho intramolecular Hbond substituents is 3. The van der Waals surface area contributed by atoms with Crippen LogP contribution in [0.3, 0.4) is 0 Å². The average Bonchev–Trinajstić information content (AvgIpc) is 4.27. The number of Topliss-reactive ketones (excluding diaryl/α,β-unsaturated/α-hetero) is 1. The van der Waals surface area contributed by atoms with Gasteiger partial charge in [0.1, 0.15) is 28.9 Å². The van der Waals surface area contributed by atoms with Crippen LogP contribution < -0.4 is 20.5 Å². The number of aromatic hydroxyl groups is 3. The van der Waals surface area contributed by atoms with Crippen molar-refractivity contribution in [2.24, 2.45) is 29.1 Å².